The van der Waals surface area contributed by atoms with Crippen molar-refractivity contribution in [1.82, 2.24) is 14.8 Å². The molecule has 0 spiro atoms. The molecule has 1 fully saturated rings. The van der Waals surface area contributed by atoms with Crippen LogP contribution in [-0.2, 0) is 4.79 Å². The molecular formula is C11H14BrN3O2S2. The van der Waals surface area contributed by atoms with E-state index in [1.54, 1.807) is 30.8 Å². The molecule has 0 bridgehead atoms. The number of carbonyl (C=O) groups is 2. The molecule has 1 aliphatic rings. The van der Waals surface area contributed by atoms with Crippen molar-refractivity contribution in [3.63, 3.8) is 0 Å². The van der Waals surface area contributed by atoms with Gasteiger partial charge in [-0.2, -0.15) is 0 Å². The molecule has 2 amide bonds. The van der Waals surface area contributed by atoms with E-state index in [0.717, 1.165) is 8.79 Å². The molecule has 1 saturated heterocycles. The topological polar surface area (TPSA) is 53.5 Å². The highest BCUT2D eigenvalue weighted by atomic mass is 79.9. The van der Waals surface area contributed by atoms with Crippen LogP contribution in [0.4, 0.5) is 0 Å². The number of aryl methyl sites for hydroxylation is 1. The van der Waals surface area contributed by atoms with E-state index < -0.39 is 0 Å². The van der Waals surface area contributed by atoms with Crippen molar-refractivity contribution >= 4 is 50.8 Å². The van der Waals surface area contributed by atoms with Crippen LogP contribution in [0.3, 0.4) is 0 Å². The zero-order valence-electron chi connectivity index (χ0n) is 10.8. The minimum absolute atomic E-state index is 0.0403. The maximum absolute atomic E-state index is 12.5. The van der Waals surface area contributed by atoms with E-state index >= 15 is 0 Å². The molecule has 1 atom stereocenters. The molecule has 1 unspecified atom stereocenters. The van der Waals surface area contributed by atoms with Gasteiger partial charge in [0.2, 0.25) is 5.91 Å². The van der Waals surface area contributed by atoms with Crippen molar-refractivity contribution in [2.75, 3.05) is 25.7 Å². The SMILES string of the molecule is Cc1nc(C(=O)N2CSCC2C(=O)N(C)C)c(Br)s1. The van der Waals surface area contributed by atoms with Gasteiger partial charge >= 0.3 is 0 Å². The average molecular weight is 364 g/mol. The van der Waals surface area contributed by atoms with Gasteiger partial charge in [-0.15, -0.1) is 23.1 Å². The quantitative estimate of drug-likeness (QED) is 0.803. The highest BCUT2D eigenvalue weighted by Crippen LogP contribution is 2.29. The van der Waals surface area contributed by atoms with E-state index in [1.165, 1.54) is 16.2 Å². The fourth-order valence-electron chi connectivity index (χ4n) is 1.82. The summed E-state index contributed by atoms with van der Waals surface area (Å²) in [5.74, 6) is 0.957. The lowest BCUT2D eigenvalue weighted by atomic mass is 10.2. The van der Waals surface area contributed by atoms with Gasteiger partial charge in [-0.25, -0.2) is 4.98 Å². The molecule has 104 valence electrons. The number of nitrogens with zero attached hydrogens (tertiary/aromatic N) is 3. The molecule has 5 nitrogen and oxygen atoms in total. The monoisotopic (exact) mass is 363 g/mol. The van der Waals surface area contributed by atoms with Crippen LogP contribution in [0.25, 0.3) is 0 Å². The second-order valence-electron chi connectivity index (χ2n) is 4.38. The van der Waals surface area contributed by atoms with Crippen LogP contribution < -0.4 is 0 Å². The lowest BCUT2D eigenvalue weighted by Gasteiger charge is -2.24. The predicted molar refractivity (Wildman–Crippen MR) is 80.5 cm³/mol. The number of amides is 2. The minimum Gasteiger partial charge on any atom is -0.347 e. The highest BCUT2D eigenvalue weighted by Gasteiger charge is 2.37. The van der Waals surface area contributed by atoms with Gasteiger partial charge in [0.1, 0.15) is 9.83 Å². The maximum Gasteiger partial charge on any atom is 0.275 e. The van der Waals surface area contributed by atoms with Crippen LogP contribution in [0.15, 0.2) is 3.79 Å². The second kappa shape index (κ2) is 5.80. The third-order valence-electron chi connectivity index (χ3n) is 2.76. The van der Waals surface area contributed by atoms with E-state index in [2.05, 4.69) is 20.9 Å². The van der Waals surface area contributed by atoms with Gasteiger partial charge in [0.25, 0.3) is 5.91 Å². The molecule has 1 aromatic rings. The smallest absolute Gasteiger partial charge is 0.275 e. The zero-order chi connectivity index (χ0) is 14.2. The van der Waals surface area contributed by atoms with Crippen LogP contribution in [0.1, 0.15) is 15.5 Å². The van der Waals surface area contributed by atoms with Gasteiger partial charge in [-0.3, -0.25) is 9.59 Å². The van der Waals surface area contributed by atoms with Crippen molar-refractivity contribution in [3.8, 4) is 0 Å². The first-order valence-corrected chi connectivity index (χ1v) is 8.41. The van der Waals surface area contributed by atoms with Crippen molar-refractivity contribution in [3.05, 3.63) is 14.5 Å². The molecule has 0 saturated carbocycles. The fraction of sp³-hybridized carbons (Fsp3) is 0.545. The molecule has 2 heterocycles. The first-order chi connectivity index (χ1) is 8.91. The number of thiazole rings is 1. The first kappa shape index (κ1) is 14.8. The Bertz CT molecular complexity index is 518. The summed E-state index contributed by atoms with van der Waals surface area (Å²) < 4.78 is 0.725. The number of hydrogen-bond donors (Lipinski definition) is 0. The molecule has 0 N–H and O–H groups in total. The Morgan fingerprint density at radius 1 is 1.47 bits per heavy atom. The summed E-state index contributed by atoms with van der Waals surface area (Å²) in [6.07, 6.45) is 0. The van der Waals surface area contributed by atoms with Crippen LogP contribution in [0.2, 0.25) is 0 Å². The van der Waals surface area contributed by atoms with Gasteiger partial charge in [-0.05, 0) is 22.9 Å². The molecule has 2 rings (SSSR count). The molecule has 0 aromatic carbocycles. The largest absolute Gasteiger partial charge is 0.347 e. The molecule has 0 aliphatic carbocycles. The van der Waals surface area contributed by atoms with E-state index in [4.69, 9.17) is 0 Å². The molecule has 8 heteroatoms. The Morgan fingerprint density at radius 3 is 2.68 bits per heavy atom. The van der Waals surface area contributed by atoms with Crippen LogP contribution >= 0.6 is 39.0 Å². The third-order valence-corrected chi connectivity index (χ3v) is 5.40. The van der Waals surface area contributed by atoms with E-state index in [9.17, 15) is 9.59 Å². The number of likely N-dealkylation sites (N-methyl/N-ethyl adjacent to an activating group) is 1. The van der Waals surface area contributed by atoms with Gasteiger partial charge in [-0.1, -0.05) is 0 Å². The van der Waals surface area contributed by atoms with Crippen molar-refractivity contribution < 1.29 is 9.59 Å². The summed E-state index contributed by atoms with van der Waals surface area (Å²) in [7, 11) is 3.41. The number of thioether (sulfide) groups is 1. The Hall–Kier alpha value is -0.600. The molecule has 19 heavy (non-hydrogen) atoms. The Balaban J connectivity index is 2.23. The van der Waals surface area contributed by atoms with E-state index in [0.29, 0.717) is 17.3 Å². The fourth-order valence-corrected chi connectivity index (χ4v) is 4.55. The minimum atomic E-state index is -0.388. The van der Waals surface area contributed by atoms with Crippen LogP contribution in [0.5, 0.6) is 0 Å². The summed E-state index contributed by atoms with van der Waals surface area (Å²) in [5, 5.41) is 0.831. The number of carbonyl (C=O) groups excluding carboxylic acids is 2. The third kappa shape index (κ3) is 2.95. The lowest BCUT2D eigenvalue weighted by Crippen LogP contribution is -2.46. The predicted octanol–water partition coefficient (Wildman–Crippen LogP) is 1.82. The number of halogens is 1. The van der Waals surface area contributed by atoms with Gasteiger partial charge < -0.3 is 9.80 Å². The lowest BCUT2D eigenvalue weighted by molar-refractivity contribution is -0.132. The normalized spacial score (nSPS) is 18.7. The number of aromatic nitrogens is 1. The highest BCUT2D eigenvalue weighted by molar-refractivity contribution is 9.11. The van der Waals surface area contributed by atoms with Gasteiger partial charge in [0.15, 0.2) is 5.69 Å². The number of hydrogen-bond acceptors (Lipinski definition) is 5. The van der Waals surface area contributed by atoms with Crippen LogP contribution in [-0.4, -0.2) is 58.4 Å². The summed E-state index contributed by atoms with van der Waals surface area (Å²) in [6.45, 7) is 1.85. The van der Waals surface area contributed by atoms with Crippen molar-refractivity contribution in [2.24, 2.45) is 0 Å². The molecule has 1 aliphatic heterocycles. The Morgan fingerprint density at radius 2 is 2.16 bits per heavy atom. The van der Waals surface area contributed by atoms with Crippen molar-refractivity contribution in [2.45, 2.75) is 13.0 Å². The summed E-state index contributed by atoms with van der Waals surface area (Å²) in [5.41, 5.74) is 0.404. The molecular weight excluding hydrogens is 350 g/mol. The second-order valence-corrected chi connectivity index (χ2v) is 7.90. The maximum atomic E-state index is 12.5. The van der Waals surface area contributed by atoms with Gasteiger partial charge in [0, 0.05) is 19.8 Å². The van der Waals surface area contributed by atoms with E-state index in [-0.39, 0.29) is 17.9 Å². The number of rotatable bonds is 2. The van der Waals surface area contributed by atoms with Gasteiger partial charge in [0.05, 0.1) is 10.9 Å². The Kier molecular flexibility index (Phi) is 4.52. The summed E-state index contributed by atoms with van der Waals surface area (Å²) in [6, 6.07) is -0.388. The van der Waals surface area contributed by atoms with Crippen LogP contribution in [0, 0.1) is 6.92 Å². The molecule has 1 aromatic heterocycles. The summed E-state index contributed by atoms with van der Waals surface area (Å²) >= 11 is 6.37. The van der Waals surface area contributed by atoms with Crippen molar-refractivity contribution in [1.29, 1.82) is 0 Å². The molecule has 0 radical (unpaired) electrons. The Labute approximate surface area is 128 Å². The standard InChI is InChI=1S/C11H14BrN3O2S2/c1-6-13-8(9(12)19-6)11(17)15-5-18-4-7(15)10(16)14(2)3/h7H,4-5H2,1-3H3. The zero-order valence-corrected chi connectivity index (χ0v) is 14.1. The average Bonchev–Trinajstić information content (AvgIpc) is 2.93. The van der Waals surface area contributed by atoms with E-state index in [1.807, 2.05) is 6.92 Å². The first-order valence-electron chi connectivity index (χ1n) is 5.64. The summed E-state index contributed by atoms with van der Waals surface area (Å²) in [4.78, 5) is 31.9.